The lowest BCUT2D eigenvalue weighted by Gasteiger charge is -2.15. The van der Waals surface area contributed by atoms with Gasteiger partial charge in [0, 0.05) is 6.54 Å². The van der Waals surface area contributed by atoms with Crippen LogP contribution >= 0.6 is 0 Å². The molecule has 16 heavy (non-hydrogen) atoms. The highest BCUT2D eigenvalue weighted by Crippen LogP contribution is 2.61. The summed E-state index contributed by atoms with van der Waals surface area (Å²) < 4.78 is 0. The van der Waals surface area contributed by atoms with Gasteiger partial charge in [0.2, 0.25) is 0 Å². The SMILES string of the molecule is NNc1cncc(NCC2(C3CC3)CC2)n1. The fourth-order valence-corrected chi connectivity index (χ4v) is 2.37. The summed E-state index contributed by atoms with van der Waals surface area (Å²) in [4.78, 5) is 8.36. The van der Waals surface area contributed by atoms with Crippen LogP contribution in [0.15, 0.2) is 12.4 Å². The topological polar surface area (TPSA) is 75.9 Å². The van der Waals surface area contributed by atoms with Gasteiger partial charge in [0.25, 0.3) is 0 Å². The van der Waals surface area contributed by atoms with Crippen molar-refractivity contribution in [3.63, 3.8) is 0 Å². The Labute approximate surface area is 94.8 Å². The van der Waals surface area contributed by atoms with Gasteiger partial charge in [-0.15, -0.1) is 0 Å². The molecule has 1 aromatic heterocycles. The molecule has 5 nitrogen and oxygen atoms in total. The van der Waals surface area contributed by atoms with Gasteiger partial charge in [0.1, 0.15) is 5.82 Å². The van der Waals surface area contributed by atoms with Crippen molar-refractivity contribution < 1.29 is 0 Å². The van der Waals surface area contributed by atoms with Crippen LogP contribution in [-0.2, 0) is 0 Å². The van der Waals surface area contributed by atoms with E-state index in [1.54, 1.807) is 12.4 Å². The molecule has 5 heteroatoms. The summed E-state index contributed by atoms with van der Waals surface area (Å²) in [5, 5.41) is 3.37. The van der Waals surface area contributed by atoms with Crippen LogP contribution in [0.4, 0.5) is 11.6 Å². The molecule has 86 valence electrons. The number of rotatable bonds is 5. The van der Waals surface area contributed by atoms with E-state index in [9.17, 15) is 0 Å². The first-order chi connectivity index (χ1) is 7.82. The van der Waals surface area contributed by atoms with Crippen LogP contribution in [0.1, 0.15) is 25.7 Å². The molecule has 2 aliphatic rings. The summed E-state index contributed by atoms with van der Waals surface area (Å²) in [5.74, 6) is 7.66. The highest BCUT2D eigenvalue weighted by atomic mass is 15.3. The van der Waals surface area contributed by atoms with Crippen LogP contribution in [0, 0.1) is 11.3 Å². The van der Waals surface area contributed by atoms with E-state index in [4.69, 9.17) is 5.84 Å². The predicted octanol–water partition coefficient (Wildman–Crippen LogP) is 1.36. The maximum Gasteiger partial charge on any atom is 0.160 e. The van der Waals surface area contributed by atoms with Crippen molar-refractivity contribution in [3.05, 3.63) is 12.4 Å². The molecule has 0 saturated heterocycles. The standard InChI is InChI=1S/C11H17N5/c12-16-10-6-13-5-9(15-10)14-7-11(3-4-11)8-1-2-8/h5-6,8H,1-4,7,12H2,(H2,14,15,16). The molecule has 0 bridgehead atoms. The lowest BCUT2D eigenvalue weighted by molar-refractivity contribution is 0.466. The fraction of sp³-hybridized carbons (Fsp3) is 0.636. The van der Waals surface area contributed by atoms with Crippen molar-refractivity contribution in [3.8, 4) is 0 Å². The van der Waals surface area contributed by atoms with Crippen LogP contribution < -0.4 is 16.6 Å². The minimum atomic E-state index is 0.577. The smallest absolute Gasteiger partial charge is 0.160 e. The fourth-order valence-electron chi connectivity index (χ4n) is 2.37. The summed E-state index contributed by atoms with van der Waals surface area (Å²) in [7, 11) is 0. The van der Waals surface area contributed by atoms with Crippen molar-refractivity contribution >= 4 is 11.6 Å². The molecule has 0 unspecified atom stereocenters. The van der Waals surface area contributed by atoms with Gasteiger partial charge < -0.3 is 10.7 Å². The van der Waals surface area contributed by atoms with E-state index in [1.807, 2.05) is 0 Å². The number of hydrogen-bond acceptors (Lipinski definition) is 5. The summed E-state index contributed by atoms with van der Waals surface area (Å²) in [6.07, 6.45) is 8.91. The highest BCUT2D eigenvalue weighted by molar-refractivity contribution is 5.41. The van der Waals surface area contributed by atoms with E-state index >= 15 is 0 Å². The van der Waals surface area contributed by atoms with Gasteiger partial charge in [-0.2, -0.15) is 0 Å². The first-order valence-electron chi connectivity index (χ1n) is 5.85. The van der Waals surface area contributed by atoms with E-state index < -0.39 is 0 Å². The molecule has 0 atom stereocenters. The number of aromatic nitrogens is 2. The zero-order valence-corrected chi connectivity index (χ0v) is 9.24. The maximum absolute atomic E-state index is 5.29. The van der Waals surface area contributed by atoms with Crippen molar-refractivity contribution in [2.45, 2.75) is 25.7 Å². The minimum absolute atomic E-state index is 0.577. The molecule has 0 amide bonds. The Morgan fingerprint density at radius 2 is 2.06 bits per heavy atom. The zero-order valence-electron chi connectivity index (χ0n) is 9.24. The van der Waals surface area contributed by atoms with Gasteiger partial charge in [0.15, 0.2) is 5.82 Å². The molecule has 3 rings (SSSR count). The molecule has 1 aromatic rings. The van der Waals surface area contributed by atoms with Crippen molar-refractivity contribution in [2.24, 2.45) is 17.2 Å². The van der Waals surface area contributed by atoms with Gasteiger partial charge in [-0.25, -0.2) is 10.8 Å². The second-order valence-electron chi connectivity index (χ2n) is 4.92. The van der Waals surface area contributed by atoms with Crippen LogP contribution in [0.5, 0.6) is 0 Å². The Bertz CT molecular complexity index is 384. The number of nitrogens with two attached hydrogens (primary N) is 1. The van der Waals surface area contributed by atoms with Crippen molar-refractivity contribution in [1.82, 2.24) is 9.97 Å². The van der Waals surface area contributed by atoms with Gasteiger partial charge >= 0.3 is 0 Å². The van der Waals surface area contributed by atoms with Gasteiger partial charge in [-0.3, -0.25) is 4.98 Å². The van der Waals surface area contributed by atoms with Crippen molar-refractivity contribution in [1.29, 1.82) is 0 Å². The van der Waals surface area contributed by atoms with Crippen LogP contribution in [0.2, 0.25) is 0 Å². The largest absolute Gasteiger partial charge is 0.368 e. The molecular formula is C11H17N5. The number of anilines is 2. The molecule has 0 radical (unpaired) electrons. The quantitative estimate of drug-likeness (QED) is 0.515. The summed E-state index contributed by atoms with van der Waals surface area (Å²) >= 11 is 0. The van der Waals surface area contributed by atoms with E-state index in [0.29, 0.717) is 11.2 Å². The Kier molecular flexibility index (Phi) is 2.21. The maximum atomic E-state index is 5.29. The van der Waals surface area contributed by atoms with Gasteiger partial charge in [-0.1, -0.05) is 0 Å². The van der Waals surface area contributed by atoms with E-state index in [1.165, 1.54) is 25.7 Å². The normalized spacial score (nSPS) is 21.6. The lowest BCUT2D eigenvalue weighted by atomic mass is 10.0. The number of hydrogen-bond donors (Lipinski definition) is 3. The third-order valence-electron chi connectivity index (χ3n) is 3.74. The molecule has 0 aliphatic heterocycles. The third-order valence-corrected chi connectivity index (χ3v) is 3.74. The Morgan fingerprint density at radius 1 is 1.31 bits per heavy atom. The van der Waals surface area contributed by atoms with Gasteiger partial charge in [0.05, 0.1) is 12.4 Å². The number of nitrogen functional groups attached to an aromatic ring is 1. The summed E-state index contributed by atoms with van der Waals surface area (Å²) in [6, 6.07) is 0. The lowest BCUT2D eigenvalue weighted by Crippen LogP contribution is -2.18. The average molecular weight is 219 g/mol. The molecule has 0 aromatic carbocycles. The number of hydrazine groups is 1. The van der Waals surface area contributed by atoms with Crippen LogP contribution in [-0.4, -0.2) is 16.5 Å². The van der Waals surface area contributed by atoms with Crippen LogP contribution in [0.3, 0.4) is 0 Å². The summed E-state index contributed by atoms with van der Waals surface area (Å²) in [5.41, 5.74) is 3.08. The second-order valence-corrected chi connectivity index (χ2v) is 4.92. The Hall–Kier alpha value is -1.36. The molecule has 2 saturated carbocycles. The summed E-state index contributed by atoms with van der Waals surface area (Å²) in [6.45, 7) is 1.03. The van der Waals surface area contributed by atoms with E-state index in [0.717, 1.165) is 18.3 Å². The van der Waals surface area contributed by atoms with Gasteiger partial charge in [-0.05, 0) is 37.0 Å². The third kappa shape index (κ3) is 1.82. The molecule has 2 aliphatic carbocycles. The Morgan fingerprint density at radius 3 is 2.69 bits per heavy atom. The predicted molar refractivity (Wildman–Crippen MR) is 62.7 cm³/mol. The monoisotopic (exact) mass is 219 g/mol. The molecule has 4 N–H and O–H groups in total. The zero-order chi connectivity index (χ0) is 11.0. The first kappa shape index (κ1) is 9.84. The molecular weight excluding hydrogens is 202 g/mol. The number of nitrogens with one attached hydrogen (secondary N) is 2. The molecule has 1 heterocycles. The number of nitrogens with zero attached hydrogens (tertiary/aromatic N) is 2. The average Bonchev–Trinajstić information content (AvgIpc) is 3.17. The minimum Gasteiger partial charge on any atom is -0.368 e. The molecule has 2 fully saturated rings. The highest BCUT2D eigenvalue weighted by Gasteiger charge is 2.53. The molecule has 0 spiro atoms. The Balaban J connectivity index is 1.61. The van der Waals surface area contributed by atoms with E-state index in [-0.39, 0.29) is 0 Å². The first-order valence-corrected chi connectivity index (χ1v) is 5.85. The van der Waals surface area contributed by atoms with Crippen LogP contribution in [0.25, 0.3) is 0 Å². The van der Waals surface area contributed by atoms with E-state index in [2.05, 4.69) is 20.7 Å². The second kappa shape index (κ2) is 3.59. The van der Waals surface area contributed by atoms with Crippen molar-refractivity contribution in [2.75, 3.05) is 17.3 Å².